The van der Waals surface area contributed by atoms with E-state index in [0.717, 1.165) is 6.07 Å². The van der Waals surface area contributed by atoms with Gasteiger partial charge in [0.2, 0.25) is 0 Å². The number of hydrogen-bond donors (Lipinski definition) is 1. The van der Waals surface area contributed by atoms with Crippen molar-refractivity contribution in [2.24, 2.45) is 0 Å². The molecule has 2 rings (SSSR count). The summed E-state index contributed by atoms with van der Waals surface area (Å²) < 4.78 is 16.9. The van der Waals surface area contributed by atoms with E-state index in [-0.39, 0.29) is 22.0 Å². The van der Waals surface area contributed by atoms with Crippen LogP contribution in [0.15, 0.2) is 47.4 Å². The summed E-state index contributed by atoms with van der Waals surface area (Å²) in [7, 11) is -1.36. The Bertz CT molecular complexity index is 918. The highest BCUT2D eigenvalue weighted by molar-refractivity contribution is 7.85. The van der Waals surface area contributed by atoms with Crippen LogP contribution in [-0.4, -0.2) is 33.4 Å². The zero-order valence-electron chi connectivity index (χ0n) is 14.1. The monoisotopic (exact) mass is 410 g/mol. The van der Waals surface area contributed by atoms with E-state index in [1.54, 1.807) is 25.1 Å². The molecule has 142 valence electrons. The van der Waals surface area contributed by atoms with Crippen molar-refractivity contribution in [1.82, 2.24) is 0 Å². The zero-order chi connectivity index (χ0) is 20.0. The van der Waals surface area contributed by atoms with E-state index in [0.29, 0.717) is 10.6 Å². The molecule has 1 atom stereocenters. The first-order chi connectivity index (χ1) is 12.8. The third-order valence-electron chi connectivity index (χ3n) is 3.38. The minimum Gasteiger partial charge on any atom is -0.452 e. The number of esters is 1. The fourth-order valence-corrected chi connectivity index (χ4v) is 3.25. The lowest BCUT2D eigenvalue weighted by Gasteiger charge is -2.09. The van der Waals surface area contributed by atoms with Crippen molar-refractivity contribution >= 4 is 45.7 Å². The number of nitrogens with zero attached hydrogens (tertiary/aromatic N) is 1. The van der Waals surface area contributed by atoms with Crippen LogP contribution in [0.2, 0.25) is 5.02 Å². The molecule has 10 heteroatoms. The van der Waals surface area contributed by atoms with Gasteiger partial charge in [0.05, 0.1) is 26.2 Å². The second kappa shape index (κ2) is 9.24. The van der Waals surface area contributed by atoms with Gasteiger partial charge in [-0.3, -0.25) is 19.1 Å². The Morgan fingerprint density at radius 3 is 2.63 bits per heavy atom. The first kappa shape index (κ1) is 20.5. The van der Waals surface area contributed by atoms with Crippen molar-refractivity contribution < 1.29 is 23.5 Å². The second-order valence-corrected chi connectivity index (χ2v) is 7.29. The highest BCUT2D eigenvalue weighted by atomic mass is 35.5. The summed E-state index contributed by atoms with van der Waals surface area (Å²) in [6, 6.07) is 10.0. The molecule has 1 N–H and O–H groups in total. The van der Waals surface area contributed by atoms with E-state index < -0.39 is 34.2 Å². The number of benzene rings is 2. The maximum absolute atomic E-state index is 12.2. The van der Waals surface area contributed by atoms with Gasteiger partial charge >= 0.3 is 5.97 Å². The van der Waals surface area contributed by atoms with Gasteiger partial charge in [-0.05, 0) is 24.3 Å². The maximum Gasteiger partial charge on any atom is 0.339 e. The lowest BCUT2D eigenvalue weighted by Crippen LogP contribution is -2.21. The van der Waals surface area contributed by atoms with Crippen LogP contribution in [0.4, 0.5) is 11.4 Å². The number of amides is 1. The van der Waals surface area contributed by atoms with Crippen LogP contribution in [0.25, 0.3) is 0 Å². The van der Waals surface area contributed by atoms with E-state index in [2.05, 4.69) is 5.32 Å². The number of hydrogen-bond acceptors (Lipinski definition) is 6. The van der Waals surface area contributed by atoms with Gasteiger partial charge in [-0.2, -0.15) is 0 Å². The van der Waals surface area contributed by atoms with Crippen molar-refractivity contribution in [2.45, 2.75) is 11.8 Å². The maximum atomic E-state index is 12.2. The molecule has 0 aliphatic heterocycles. The van der Waals surface area contributed by atoms with Crippen molar-refractivity contribution in [3.8, 4) is 0 Å². The number of halogens is 1. The zero-order valence-corrected chi connectivity index (χ0v) is 15.7. The molecule has 0 bridgehead atoms. The van der Waals surface area contributed by atoms with Gasteiger partial charge in [-0.25, -0.2) is 4.79 Å². The number of nitro groups is 1. The van der Waals surface area contributed by atoms with Gasteiger partial charge in [0.15, 0.2) is 6.61 Å². The summed E-state index contributed by atoms with van der Waals surface area (Å²) in [5.74, 6) is -1.14. The number of carbonyl (C=O) groups excluding carboxylic acids is 2. The van der Waals surface area contributed by atoms with Gasteiger partial charge in [0.1, 0.15) is 5.02 Å². The Balaban J connectivity index is 2.02. The van der Waals surface area contributed by atoms with E-state index in [1.807, 2.05) is 0 Å². The molecule has 0 unspecified atom stereocenters. The van der Waals surface area contributed by atoms with Crippen LogP contribution in [-0.2, 0) is 20.3 Å². The van der Waals surface area contributed by atoms with Crippen LogP contribution in [0, 0.1) is 10.1 Å². The van der Waals surface area contributed by atoms with E-state index in [1.165, 1.54) is 18.2 Å². The van der Waals surface area contributed by atoms with E-state index >= 15 is 0 Å². The number of carbonyl (C=O) groups is 2. The van der Waals surface area contributed by atoms with Gasteiger partial charge < -0.3 is 10.1 Å². The van der Waals surface area contributed by atoms with Gasteiger partial charge in [-0.1, -0.05) is 30.7 Å². The van der Waals surface area contributed by atoms with E-state index in [9.17, 15) is 23.9 Å². The number of ether oxygens (including phenoxy) is 1. The SMILES string of the molecule is CC[S@](=O)c1ccccc1C(=O)OCC(=O)Nc1ccc(Cl)c([N+](=O)[O-])c1. The predicted octanol–water partition coefficient (Wildman–Crippen LogP) is 3.17. The number of nitrogens with one attached hydrogen (secondary N) is 1. The van der Waals surface area contributed by atoms with Crippen molar-refractivity contribution in [3.05, 3.63) is 63.2 Å². The average Bonchev–Trinajstić information content (AvgIpc) is 2.66. The van der Waals surface area contributed by atoms with Gasteiger partial charge in [-0.15, -0.1) is 0 Å². The lowest BCUT2D eigenvalue weighted by atomic mass is 10.2. The van der Waals surface area contributed by atoms with Crippen LogP contribution >= 0.6 is 11.6 Å². The number of anilines is 1. The first-order valence-corrected chi connectivity index (χ1v) is 9.41. The molecule has 2 aromatic rings. The topological polar surface area (TPSA) is 116 Å². The standard InChI is InChI=1S/C17H15ClN2O6S/c1-2-27(25)15-6-4-3-5-12(15)17(22)26-10-16(21)19-11-7-8-13(18)14(9-11)20(23)24/h3-9H,2,10H2,1H3,(H,19,21)/t27-/m0/s1. The summed E-state index contributed by atoms with van der Waals surface area (Å²) in [6.45, 7) is 1.11. The fraction of sp³-hybridized carbons (Fsp3) is 0.176. The number of nitro benzene ring substituents is 1. The summed E-state index contributed by atoms with van der Waals surface area (Å²) in [5.41, 5.74) is -0.102. The molecule has 0 aromatic heterocycles. The molecule has 0 saturated heterocycles. The third-order valence-corrected chi connectivity index (χ3v) is 5.07. The van der Waals surface area contributed by atoms with Crippen LogP contribution in [0.3, 0.4) is 0 Å². The second-order valence-electron chi connectivity index (χ2n) is 5.18. The molecule has 2 aromatic carbocycles. The molecule has 27 heavy (non-hydrogen) atoms. The largest absolute Gasteiger partial charge is 0.452 e. The van der Waals surface area contributed by atoms with E-state index in [4.69, 9.17) is 16.3 Å². The molecule has 0 aliphatic carbocycles. The molecular formula is C17H15ClN2O6S. The molecule has 1 amide bonds. The molecule has 0 spiro atoms. The Morgan fingerprint density at radius 2 is 1.96 bits per heavy atom. The van der Waals surface area contributed by atoms with Crippen LogP contribution < -0.4 is 5.32 Å². The summed E-state index contributed by atoms with van der Waals surface area (Å²) >= 11 is 5.70. The summed E-state index contributed by atoms with van der Waals surface area (Å²) in [5, 5.41) is 13.2. The minimum absolute atomic E-state index is 0.0649. The van der Waals surface area contributed by atoms with Crippen molar-refractivity contribution in [1.29, 1.82) is 0 Å². The lowest BCUT2D eigenvalue weighted by molar-refractivity contribution is -0.384. The highest BCUT2D eigenvalue weighted by Gasteiger charge is 2.18. The predicted molar refractivity (Wildman–Crippen MR) is 100 cm³/mol. The normalized spacial score (nSPS) is 11.5. The average molecular weight is 411 g/mol. The summed E-state index contributed by atoms with van der Waals surface area (Å²) in [6.07, 6.45) is 0. The Morgan fingerprint density at radius 1 is 1.26 bits per heavy atom. The third kappa shape index (κ3) is 5.35. The highest BCUT2D eigenvalue weighted by Crippen LogP contribution is 2.27. The molecule has 0 fully saturated rings. The van der Waals surface area contributed by atoms with Crippen LogP contribution in [0.5, 0.6) is 0 Å². The Labute approximate surface area is 162 Å². The Kier molecular flexibility index (Phi) is 7.03. The molecule has 0 radical (unpaired) electrons. The van der Waals surface area contributed by atoms with Gasteiger partial charge in [0, 0.05) is 17.5 Å². The Hall–Kier alpha value is -2.78. The van der Waals surface area contributed by atoms with Crippen molar-refractivity contribution in [3.63, 3.8) is 0 Å². The molecule has 0 saturated carbocycles. The smallest absolute Gasteiger partial charge is 0.339 e. The minimum atomic E-state index is -1.36. The first-order valence-electron chi connectivity index (χ1n) is 7.71. The summed E-state index contributed by atoms with van der Waals surface area (Å²) in [4.78, 5) is 34.6. The molecular weight excluding hydrogens is 396 g/mol. The quantitative estimate of drug-likeness (QED) is 0.425. The molecule has 8 nitrogen and oxygen atoms in total. The molecule has 0 heterocycles. The van der Waals surface area contributed by atoms with Crippen LogP contribution in [0.1, 0.15) is 17.3 Å². The molecule has 0 aliphatic rings. The number of rotatable bonds is 7. The fourth-order valence-electron chi connectivity index (χ4n) is 2.13. The van der Waals surface area contributed by atoms with Crippen molar-refractivity contribution in [2.75, 3.05) is 17.7 Å². The van der Waals surface area contributed by atoms with Gasteiger partial charge in [0.25, 0.3) is 11.6 Å².